The largest absolute Gasteiger partial charge is 0.507 e. The highest BCUT2D eigenvalue weighted by atomic mass is 16.7. The van der Waals surface area contributed by atoms with Crippen LogP contribution in [-0.2, 0) is 0 Å². The zero-order valence-corrected chi connectivity index (χ0v) is 15.9. The number of rotatable bonds is 6. The average molecular weight is 396 g/mol. The molecule has 0 unspecified atom stereocenters. The van der Waals surface area contributed by atoms with E-state index in [-0.39, 0.29) is 29.8 Å². The van der Waals surface area contributed by atoms with E-state index in [9.17, 15) is 10.2 Å². The van der Waals surface area contributed by atoms with Gasteiger partial charge in [0.25, 0.3) is 0 Å². The molecule has 2 aromatic carbocycles. The van der Waals surface area contributed by atoms with Gasteiger partial charge in [0.15, 0.2) is 23.0 Å². The number of aromatic nitrogens is 1. The topological polar surface area (TPSA) is 102 Å². The number of anilines is 1. The second kappa shape index (κ2) is 7.67. The number of fused-ring (bicyclic) bond motifs is 1. The predicted octanol–water partition coefficient (Wildman–Crippen LogP) is 3.44. The molecule has 3 N–H and O–H groups in total. The Kier molecular flexibility index (Phi) is 4.90. The minimum absolute atomic E-state index is 0.0219. The first-order chi connectivity index (χ1) is 14.1. The van der Waals surface area contributed by atoms with E-state index < -0.39 is 6.04 Å². The standard InChI is InChI=1S/C21H20N2O6/c1-26-17-7-12(8-18(27-2)21(17)25)20(23-19-5-3-4-6-22-19)13-9-15-16(10-14(13)24)29-11-28-15/h3-10,20,24-25H,11H2,1-2H3,(H,22,23)/t20-/m1/s1. The molecule has 0 fully saturated rings. The van der Waals surface area contributed by atoms with E-state index in [1.54, 1.807) is 24.4 Å². The Morgan fingerprint density at radius 3 is 2.31 bits per heavy atom. The van der Waals surface area contributed by atoms with E-state index in [1.807, 2.05) is 18.2 Å². The molecule has 0 aliphatic carbocycles. The quantitative estimate of drug-likeness (QED) is 0.582. The van der Waals surface area contributed by atoms with Gasteiger partial charge in [0.2, 0.25) is 12.5 Å². The lowest BCUT2D eigenvalue weighted by atomic mass is 9.96. The van der Waals surface area contributed by atoms with Crippen LogP contribution in [0.1, 0.15) is 17.2 Å². The van der Waals surface area contributed by atoms with Gasteiger partial charge in [-0.1, -0.05) is 6.07 Å². The van der Waals surface area contributed by atoms with Crippen LogP contribution < -0.4 is 24.3 Å². The zero-order valence-electron chi connectivity index (χ0n) is 15.9. The van der Waals surface area contributed by atoms with Gasteiger partial charge in [-0.3, -0.25) is 0 Å². The van der Waals surface area contributed by atoms with Crippen molar-refractivity contribution in [1.29, 1.82) is 0 Å². The number of hydrogen-bond donors (Lipinski definition) is 3. The van der Waals surface area contributed by atoms with Crippen molar-refractivity contribution in [2.45, 2.75) is 6.04 Å². The van der Waals surface area contributed by atoms with Crippen LogP contribution in [-0.4, -0.2) is 36.2 Å². The van der Waals surface area contributed by atoms with Gasteiger partial charge in [-0.05, 0) is 35.9 Å². The van der Waals surface area contributed by atoms with Crippen LogP contribution in [0.15, 0.2) is 48.7 Å². The van der Waals surface area contributed by atoms with E-state index in [0.29, 0.717) is 28.4 Å². The van der Waals surface area contributed by atoms with E-state index in [0.717, 1.165) is 0 Å². The van der Waals surface area contributed by atoms with Gasteiger partial charge in [0.1, 0.15) is 11.6 Å². The molecule has 1 aromatic heterocycles. The van der Waals surface area contributed by atoms with Gasteiger partial charge in [0.05, 0.1) is 20.3 Å². The first-order valence-electron chi connectivity index (χ1n) is 8.85. The lowest BCUT2D eigenvalue weighted by Crippen LogP contribution is -2.14. The normalized spacial score (nSPS) is 13.0. The number of phenols is 2. The summed E-state index contributed by atoms with van der Waals surface area (Å²) in [4.78, 5) is 4.31. The van der Waals surface area contributed by atoms with Gasteiger partial charge in [-0.25, -0.2) is 4.98 Å². The molecule has 1 aliphatic heterocycles. The molecule has 8 nitrogen and oxygen atoms in total. The Balaban J connectivity index is 1.86. The molecule has 0 amide bonds. The maximum Gasteiger partial charge on any atom is 0.231 e. The molecule has 2 heterocycles. The number of hydrogen-bond acceptors (Lipinski definition) is 8. The van der Waals surface area contributed by atoms with Crippen LogP contribution in [0.4, 0.5) is 5.82 Å². The number of phenolic OH excluding ortho intramolecular Hbond substituents is 2. The fraction of sp³-hybridized carbons (Fsp3) is 0.190. The molecular formula is C21H20N2O6. The van der Waals surface area contributed by atoms with Crippen molar-refractivity contribution in [2.24, 2.45) is 0 Å². The molecule has 0 radical (unpaired) electrons. The van der Waals surface area contributed by atoms with Crippen molar-refractivity contribution in [2.75, 3.05) is 26.3 Å². The molecular weight excluding hydrogens is 376 g/mol. The Labute approximate surface area is 167 Å². The first-order valence-corrected chi connectivity index (χ1v) is 8.85. The molecule has 0 saturated carbocycles. The van der Waals surface area contributed by atoms with Crippen molar-refractivity contribution in [3.63, 3.8) is 0 Å². The van der Waals surface area contributed by atoms with Crippen molar-refractivity contribution in [1.82, 2.24) is 4.98 Å². The minimum Gasteiger partial charge on any atom is -0.507 e. The summed E-state index contributed by atoms with van der Waals surface area (Å²) in [6, 6.07) is 11.5. The number of nitrogens with zero attached hydrogens (tertiary/aromatic N) is 1. The van der Waals surface area contributed by atoms with E-state index in [2.05, 4.69) is 10.3 Å². The number of benzene rings is 2. The lowest BCUT2D eigenvalue weighted by Gasteiger charge is -2.23. The van der Waals surface area contributed by atoms with Crippen LogP contribution in [0.25, 0.3) is 0 Å². The molecule has 0 spiro atoms. The SMILES string of the molecule is COc1cc([C@@H](Nc2ccccn2)c2cc3c(cc2O)OCO3)cc(OC)c1O. The first kappa shape index (κ1) is 18.5. The molecule has 3 aromatic rings. The van der Waals surface area contributed by atoms with Crippen molar-refractivity contribution < 1.29 is 29.2 Å². The summed E-state index contributed by atoms with van der Waals surface area (Å²) in [6.07, 6.45) is 1.66. The Hall–Kier alpha value is -3.81. The molecule has 0 bridgehead atoms. The van der Waals surface area contributed by atoms with Crippen molar-refractivity contribution in [3.05, 3.63) is 59.8 Å². The summed E-state index contributed by atoms with van der Waals surface area (Å²) < 4.78 is 21.4. The van der Waals surface area contributed by atoms with Gasteiger partial charge in [-0.2, -0.15) is 0 Å². The van der Waals surface area contributed by atoms with Gasteiger partial charge in [0, 0.05) is 17.8 Å². The highest BCUT2D eigenvalue weighted by Crippen LogP contribution is 2.45. The second-order valence-electron chi connectivity index (χ2n) is 6.33. The summed E-state index contributed by atoms with van der Waals surface area (Å²) >= 11 is 0. The fourth-order valence-corrected chi connectivity index (χ4v) is 3.20. The van der Waals surface area contributed by atoms with Crippen LogP contribution in [0.2, 0.25) is 0 Å². The molecule has 1 aliphatic rings. The van der Waals surface area contributed by atoms with E-state index in [4.69, 9.17) is 18.9 Å². The second-order valence-corrected chi connectivity index (χ2v) is 6.33. The van der Waals surface area contributed by atoms with Crippen LogP contribution in [0.3, 0.4) is 0 Å². The molecule has 1 atom stereocenters. The van der Waals surface area contributed by atoms with Crippen molar-refractivity contribution in [3.8, 4) is 34.5 Å². The highest BCUT2D eigenvalue weighted by molar-refractivity contribution is 5.60. The number of methoxy groups -OCH3 is 2. The number of aromatic hydroxyl groups is 2. The van der Waals surface area contributed by atoms with Crippen LogP contribution >= 0.6 is 0 Å². The third-order valence-electron chi connectivity index (χ3n) is 4.63. The zero-order chi connectivity index (χ0) is 20.4. The Morgan fingerprint density at radius 2 is 1.69 bits per heavy atom. The third kappa shape index (κ3) is 3.52. The monoisotopic (exact) mass is 396 g/mol. The molecule has 150 valence electrons. The smallest absolute Gasteiger partial charge is 0.231 e. The van der Waals surface area contributed by atoms with Crippen LogP contribution in [0.5, 0.6) is 34.5 Å². The Bertz CT molecular complexity index is 1000. The third-order valence-corrected chi connectivity index (χ3v) is 4.63. The fourth-order valence-electron chi connectivity index (χ4n) is 3.20. The maximum absolute atomic E-state index is 10.7. The Morgan fingerprint density at radius 1 is 1.00 bits per heavy atom. The minimum atomic E-state index is -0.553. The summed E-state index contributed by atoms with van der Waals surface area (Å²) in [5.41, 5.74) is 1.21. The summed E-state index contributed by atoms with van der Waals surface area (Å²) in [5, 5.41) is 24.3. The summed E-state index contributed by atoms with van der Waals surface area (Å²) in [6.45, 7) is 0.0947. The number of pyridine rings is 1. The predicted molar refractivity (Wildman–Crippen MR) is 105 cm³/mol. The molecule has 8 heteroatoms. The van der Waals surface area contributed by atoms with Gasteiger partial charge >= 0.3 is 0 Å². The van der Waals surface area contributed by atoms with E-state index in [1.165, 1.54) is 20.3 Å². The van der Waals surface area contributed by atoms with E-state index >= 15 is 0 Å². The average Bonchev–Trinajstić information content (AvgIpc) is 3.20. The highest BCUT2D eigenvalue weighted by Gasteiger charge is 2.26. The summed E-state index contributed by atoms with van der Waals surface area (Å²) in [7, 11) is 2.91. The van der Waals surface area contributed by atoms with Crippen LogP contribution in [0, 0.1) is 0 Å². The molecule has 29 heavy (non-hydrogen) atoms. The van der Waals surface area contributed by atoms with Gasteiger partial charge in [-0.15, -0.1) is 0 Å². The summed E-state index contributed by atoms with van der Waals surface area (Å²) in [5.74, 6) is 2.01. The number of ether oxygens (including phenoxy) is 4. The molecule has 4 rings (SSSR count). The van der Waals surface area contributed by atoms with Crippen molar-refractivity contribution >= 4 is 5.82 Å². The lowest BCUT2D eigenvalue weighted by molar-refractivity contribution is 0.174. The maximum atomic E-state index is 10.7. The van der Waals surface area contributed by atoms with Gasteiger partial charge < -0.3 is 34.5 Å². The molecule has 0 saturated heterocycles. The number of nitrogens with one attached hydrogen (secondary N) is 1.